The number of nitrogens with zero attached hydrogens (tertiary/aromatic N) is 4. The van der Waals surface area contributed by atoms with E-state index in [2.05, 4.69) is 32.5 Å². The molecule has 6 heteroatoms. The number of rotatable bonds is 2. The molecule has 0 amide bonds. The van der Waals surface area contributed by atoms with Crippen molar-refractivity contribution in [2.75, 3.05) is 19.0 Å². The Hall–Kier alpha value is -1.72. The minimum Gasteiger partial charge on any atom is -0.347 e. The molecule has 0 radical (unpaired) electrons. The van der Waals surface area contributed by atoms with Gasteiger partial charge in [0.2, 0.25) is 11.2 Å². The zero-order valence-electron chi connectivity index (χ0n) is 10.5. The van der Waals surface area contributed by atoms with E-state index < -0.39 is 0 Å². The van der Waals surface area contributed by atoms with Crippen LogP contribution in [0.15, 0.2) is 29.6 Å². The summed E-state index contributed by atoms with van der Waals surface area (Å²) in [7, 11) is 3.75. The Balaban J connectivity index is 2.24. The lowest BCUT2D eigenvalue weighted by Gasteiger charge is -2.11. The number of hydrogen-bond donors (Lipinski definition) is 0. The molecule has 0 aliphatic rings. The average molecular weight is 291 g/mol. The van der Waals surface area contributed by atoms with Crippen molar-refractivity contribution in [3.8, 4) is 11.4 Å². The molecule has 2 heterocycles. The first-order valence-electron chi connectivity index (χ1n) is 5.70. The molecule has 4 nitrogen and oxygen atoms in total. The highest BCUT2D eigenvalue weighted by atomic mass is 35.5. The number of benzene rings is 1. The van der Waals surface area contributed by atoms with Gasteiger partial charge in [-0.3, -0.25) is 0 Å². The van der Waals surface area contributed by atoms with Crippen LogP contribution in [-0.2, 0) is 0 Å². The van der Waals surface area contributed by atoms with Gasteiger partial charge >= 0.3 is 0 Å². The molecule has 0 saturated carbocycles. The van der Waals surface area contributed by atoms with Crippen molar-refractivity contribution in [1.29, 1.82) is 0 Å². The molecule has 96 valence electrons. The Morgan fingerprint density at radius 3 is 2.74 bits per heavy atom. The van der Waals surface area contributed by atoms with E-state index >= 15 is 0 Å². The predicted octanol–water partition coefficient (Wildman–Crippen LogP) is 3.47. The molecule has 0 N–H and O–H groups in total. The van der Waals surface area contributed by atoms with E-state index in [4.69, 9.17) is 11.6 Å². The van der Waals surface area contributed by atoms with Gasteiger partial charge < -0.3 is 4.90 Å². The third-order valence-electron chi connectivity index (χ3n) is 2.72. The molecule has 0 atom stereocenters. The molecule has 1 aromatic carbocycles. The number of halogens is 1. The van der Waals surface area contributed by atoms with Gasteiger partial charge in [0.25, 0.3) is 0 Å². The first kappa shape index (κ1) is 12.3. The van der Waals surface area contributed by atoms with E-state index in [-0.39, 0.29) is 5.28 Å². The van der Waals surface area contributed by atoms with Crippen LogP contribution in [-0.4, -0.2) is 29.0 Å². The summed E-state index contributed by atoms with van der Waals surface area (Å²) in [5.41, 5.74) is 0.986. The standard InChI is InChI=1S/C13H11ClN4S/c1-18(2)13-16-11(15-12(14)17-13)9-5-3-4-8-6-7-19-10(8)9/h3-7H,1-2H3. The number of thiophene rings is 1. The van der Waals surface area contributed by atoms with Gasteiger partial charge in [0.1, 0.15) is 0 Å². The van der Waals surface area contributed by atoms with Gasteiger partial charge in [-0.2, -0.15) is 15.0 Å². The highest BCUT2D eigenvalue weighted by Crippen LogP contribution is 2.31. The van der Waals surface area contributed by atoms with Gasteiger partial charge in [0.15, 0.2) is 5.82 Å². The summed E-state index contributed by atoms with van der Waals surface area (Å²) in [6, 6.07) is 8.16. The maximum Gasteiger partial charge on any atom is 0.229 e. The van der Waals surface area contributed by atoms with Gasteiger partial charge in [0.05, 0.1) is 0 Å². The second-order valence-corrected chi connectivity index (χ2v) is 5.52. The minimum absolute atomic E-state index is 0.210. The van der Waals surface area contributed by atoms with E-state index in [1.165, 1.54) is 5.39 Å². The summed E-state index contributed by atoms with van der Waals surface area (Å²) < 4.78 is 1.16. The van der Waals surface area contributed by atoms with E-state index in [0.717, 1.165) is 10.3 Å². The van der Waals surface area contributed by atoms with Gasteiger partial charge in [-0.1, -0.05) is 12.1 Å². The van der Waals surface area contributed by atoms with Gasteiger partial charge in [-0.15, -0.1) is 11.3 Å². The monoisotopic (exact) mass is 290 g/mol. The second-order valence-electron chi connectivity index (χ2n) is 4.27. The Morgan fingerprint density at radius 1 is 1.11 bits per heavy atom. The summed E-state index contributed by atoms with van der Waals surface area (Å²) in [5, 5.41) is 3.46. The molecule has 3 rings (SSSR count). The van der Waals surface area contributed by atoms with Crippen LogP contribution in [0.4, 0.5) is 5.95 Å². The fraction of sp³-hybridized carbons (Fsp3) is 0.154. The zero-order chi connectivity index (χ0) is 13.4. The van der Waals surface area contributed by atoms with Crippen LogP contribution in [0, 0.1) is 0 Å². The first-order chi connectivity index (χ1) is 9.15. The van der Waals surface area contributed by atoms with E-state index in [1.807, 2.05) is 31.1 Å². The fourth-order valence-electron chi connectivity index (χ4n) is 1.83. The molecule has 0 aliphatic carbocycles. The molecule has 0 aliphatic heterocycles. The Morgan fingerprint density at radius 2 is 1.95 bits per heavy atom. The number of anilines is 1. The van der Waals surface area contributed by atoms with Crippen LogP contribution < -0.4 is 4.90 Å². The Bertz CT molecular complexity index is 738. The Labute approximate surface area is 119 Å². The lowest BCUT2D eigenvalue weighted by molar-refractivity contribution is 0.963. The van der Waals surface area contributed by atoms with Gasteiger partial charge in [0, 0.05) is 24.4 Å². The van der Waals surface area contributed by atoms with Crippen molar-refractivity contribution in [3.63, 3.8) is 0 Å². The van der Waals surface area contributed by atoms with E-state index in [1.54, 1.807) is 11.3 Å². The summed E-state index contributed by atoms with van der Waals surface area (Å²) in [6.07, 6.45) is 0. The van der Waals surface area contributed by atoms with Crippen molar-refractivity contribution in [3.05, 3.63) is 34.9 Å². The smallest absolute Gasteiger partial charge is 0.229 e. The van der Waals surface area contributed by atoms with Crippen LogP contribution >= 0.6 is 22.9 Å². The third-order valence-corrected chi connectivity index (χ3v) is 3.85. The topological polar surface area (TPSA) is 41.9 Å². The molecule has 0 fully saturated rings. The first-order valence-corrected chi connectivity index (χ1v) is 6.96. The second kappa shape index (κ2) is 4.75. The largest absolute Gasteiger partial charge is 0.347 e. The molecular weight excluding hydrogens is 280 g/mol. The fourth-order valence-corrected chi connectivity index (χ4v) is 2.89. The van der Waals surface area contributed by atoms with Crippen LogP contribution in [0.2, 0.25) is 5.28 Å². The predicted molar refractivity (Wildman–Crippen MR) is 80.0 cm³/mol. The van der Waals surface area contributed by atoms with Crippen LogP contribution in [0.1, 0.15) is 0 Å². The van der Waals surface area contributed by atoms with E-state index in [9.17, 15) is 0 Å². The average Bonchev–Trinajstić information content (AvgIpc) is 2.85. The molecular formula is C13H11ClN4S. The quantitative estimate of drug-likeness (QED) is 0.725. The lowest BCUT2D eigenvalue weighted by atomic mass is 10.1. The highest BCUT2D eigenvalue weighted by molar-refractivity contribution is 7.17. The minimum atomic E-state index is 0.210. The normalized spacial score (nSPS) is 10.9. The molecule has 3 aromatic rings. The van der Waals surface area contributed by atoms with Crippen LogP contribution in [0.25, 0.3) is 21.5 Å². The maximum absolute atomic E-state index is 5.98. The molecule has 0 saturated heterocycles. The third kappa shape index (κ3) is 2.27. The summed E-state index contributed by atoms with van der Waals surface area (Å²) >= 11 is 7.66. The van der Waals surface area contributed by atoms with Crippen molar-refractivity contribution >= 4 is 39.0 Å². The van der Waals surface area contributed by atoms with Crippen molar-refractivity contribution in [2.45, 2.75) is 0 Å². The summed E-state index contributed by atoms with van der Waals surface area (Å²) in [6.45, 7) is 0. The number of hydrogen-bond acceptors (Lipinski definition) is 5. The van der Waals surface area contributed by atoms with Crippen molar-refractivity contribution in [1.82, 2.24) is 15.0 Å². The molecule has 0 spiro atoms. The van der Waals surface area contributed by atoms with Gasteiger partial charge in [-0.05, 0) is 34.5 Å². The molecule has 0 bridgehead atoms. The lowest BCUT2D eigenvalue weighted by Crippen LogP contribution is -2.13. The summed E-state index contributed by atoms with van der Waals surface area (Å²) in [5.74, 6) is 1.17. The highest BCUT2D eigenvalue weighted by Gasteiger charge is 2.12. The number of fused-ring (bicyclic) bond motifs is 1. The summed E-state index contributed by atoms with van der Waals surface area (Å²) in [4.78, 5) is 14.6. The Kier molecular flexibility index (Phi) is 3.08. The van der Waals surface area contributed by atoms with Crippen molar-refractivity contribution in [2.24, 2.45) is 0 Å². The maximum atomic E-state index is 5.98. The van der Waals surface area contributed by atoms with Gasteiger partial charge in [-0.25, -0.2) is 0 Å². The zero-order valence-corrected chi connectivity index (χ0v) is 12.0. The molecule has 2 aromatic heterocycles. The van der Waals surface area contributed by atoms with E-state index in [0.29, 0.717) is 11.8 Å². The number of aromatic nitrogens is 3. The molecule has 0 unspecified atom stereocenters. The molecule has 19 heavy (non-hydrogen) atoms. The SMILES string of the molecule is CN(C)c1nc(Cl)nc(-c2cccc3ccsc23)n1. The van der Waals surface area contributed by atoms with Crippen LogP contribution in [0.5, 0.6) is 0 Å². The van der Waals surface area contributed by atoms with Crippen LogP contribution in [0.3, 0.4) is 0 Å². The van der Waals surface area contributed by atoms with Crippen molar-refractivity contribution < 1.29 is 0 Å².